The first kappa shape index (κ1) is 14.8. The summed E-state index contributed by atoms with van der Waals surface area (Å²) < 4.78 is 5.36. The molecule has 1 saturated carbocycles. The fourth-order valence-electron chi connectivity index (χ4n) is 3.00. The molecule has 2 aliphatic rings. The molecule has 2 fully saturated rings. The van der Waals surface area contributed by atoms with E-state index >= 15 is 0 Å². The molecule has 1 saturated heterocycles. The van der Waals surface area contributed by atoms with Crippen LogP contribution >= 0.6 is 11.3 Å². The zero-order valence-electron chi connectivity index (χ0n) is 12.3. The monoisotopic (exact) mass is 309 g/mol. The van der Waals surface area contributed by atoms with Crippen molar-refractivity contribution in [2.24, 2.45) is 5.92 Å². The Labute approximate surface area is 129 Å². The van der Waals surface area contributed by atoms with E-state index < -0.39 is 0 Å². The van der Waals surface area contributed by atoms with E-state index in [4.69, 9.17) is 4.74 Å². The summed E-state index contributed by atoms with van der Waals surface area (Å²) in [6.45, 7) is 3.33. The number of carbonyl (C=O) groups is 1. The van der Waals surface area contributed by atoms with Crippen molar-refractivity contribution in [1.82, 2.24) is 4.98 Å². The van der Waals surface area contributed by atoms with Crippen molar-refractivity contribution >= 4 is 27.4 Å². The smallest absolute Gasteiger partial charge is 0.229 e. The van der Waals surface area contributed by atoms with Crippen LogP contribution in [0.25, 0.3) is 0 Å². The molecule has 0 aromatic carbocycles. The van der Waals surface area contributed by atoms with E-state index in [0.717, 1.165) is 49.3 Å². The highest BCUT2D eigenvalue weighted by atomic mass is 32.1. The van der Waals surface area contributed by atoms with Gasteiger partial charge in [0.05, 0.1) is 19.4 Å². The molecule has 0 atom stereocenters. The van der Waals surface area contributed by atoms with Gasteiger partial charge in [-0.15, -0.1) is 0 Å². The van der Waals surface area contributed by atoms with Crippen LogP contribution in [0, 0.1) is 5.92 Å². The van der Waals surface area contributed by atoms with Crippen LogP contribution in [-0.2, 0) is 9.53 Å². The van der Waals surface area contributed by atoms with Crippen molar-refractivity contribution in [3.8, 4) is 0 Å². The average molecular weight is 309 g/mol. The molecule has 1 aromatic rings. The number of hydrogen-bond donors (Lipinski definition) is 1. The maximum Gasteiger partial charge on any atom is 0.229 e. The van der Waals surface area contributed by atoms with Crippen LogP contribution in [0.15, 0.2) is 6.20 Å². The first-order valence-corrected chi connectivity index (χ1v) is 8.74. The molecule has 21 heavy (non-hydrogen) atoms. The van der Waals surface area contributed by atoms with Crippen molar-refractivity contribution in [2.45, 2.75) is 38.5 Å². The average Bonchev–Trinajstić information content (AvgIpc) is 2.81. The minimum atomic E-state index is 0.153. The summed E-state index contributed by atoms with van der Waals surface area (Å²) in [6, 6.07) is 0. The third-order valence-corrected chi connectivity index (χ3v) is 5.25. The van der Waals surface area contributed by atoms with Crippen LogP contribution in [-0.4, -0.2) is 37.2 Å². The number of ether oxygens (including phenoxy) is 1. The molecule has 0 radical (unpaired) electrons. The summed E-state index contributed by atoms with van der Waals surface area (Å²) >= 11 is 1.56. The van der Waals surface area contributed by atoms with Crippen LogP contribution in [0.3, 0.4) is 0 Å². The van der Waals surface area contributed by atoms with E-state index in [1.807, 2.05) is 6.20 Å². The highest BCUT2D eigenvalue weighted by Gasteiger charge is 2.21. The molecular formula is C15H23N3O2S. The number of nitrogens with zero attached hydrogens (tertiary/aromatic N) is 2. The second-order valence-corrected chi connectivity index (χ2v) is 6.79. The maximum atomic E-state index is 12.3. The highest BCUT2D eigenvalue weighted by Crippen LogP contribution is 2.29. The Morgan fingerprint density at radius 1 is 1.24 bits per heavy atom. The largest absolute Gasteiger partial charge is 0.378 e. The van der Waals surface area contributed by atoms with Crippen molar-refractivity contribution in [1.29, 1.82) is 0 Å². The molecule has 0 spiro atoms. The van der Waals surface area contributed by atoms with Gasteiger partial charge in [0.25, 0.3) is 0 Å². The van der Waals surface area contributed by atoms with Crippen LogP contribution < -0.4 is 10.2 Å². The fourth-order valence-corrected chi connectivity index (χ4v) is 3.87. The third kappa shape index (κ3) is 3.95. The number of hydrogen-bond acceptors (Lipinski definition) is 5. The van der Waals surface area contributed by atoms with E-state index in [0.29, 0.717) is 0 Å². The molecule has 1 amide bonds. The zero-order valence-corrected chi connectivity index (χ0v) is 13.2. The first-order chi connectivity index (χ1) is 10.3. The van der Waals surface area contributed by atoms with E-state index in [-0.39, 0.29) is 11.8 Å². The lowest BCUT2D eigenvalue weighted by molar-refractivity contribution is -0.120. The molecule has 1 aliphatic carbocycles. The van der Waals surface area contributed by atoms with Gasteiger partial charge in [0.15, 0.2) is 5.13 Å². The van der Waals surface area contributed by atoms with Crippen molar-refractivity contribution in [3.05, 3.63) is 6.20 Å². The number of morpholine rings is 1. The second-order valence-electron chi connectivity index (χ2n) is 5.78. The number of thiazole rings is 1. The fraction of sp³-hybridized carbons (Fsp3) is 0.733. The Morgan fingerprint density at radius 3 is 2.67 bits per heavy atom. The van der Waals surface area contributed by atoms with E-state index in [1.54, 1.807) is 11.3 Å². The van der Waals surface area contributed by atoms with Gasteiger partial charge >= 0.3 is 0 Å². The predicted octanol–water partition coefficient (Wildman–Crippen LogP) is 2.89. The Bertz CT molecular complexity index is 463. The summed E-state index contributed by atoms with van der Waals surface area (Å²) in [5.41, 5.74) is 0. The zero-order chi connectivity index (χ0) is 14.5. The lowest BCUT2D eigenvalue weighted by Gasteiger charge is -2.26. The van der Waals surface area contributed by atoms with Gasteiger partial charge in [-0.05, 0) is 12.8 Å². The highest BCUT2D eigenvalue weighted by molar-refractivity contribution is 7.19. The molecule has 6 heteroatoms. The van der Waals surface area contributed by atoms with Gasteiger partial charge in [-0.2, -0.15) is 0 Å². The molecule has 5 nitrogen and oxygen atoms in total. The van der Waals surface area contributed by atoms with Crippen molar-refractivity contribution < 1.29 is 9.53 Å². The predicted molar refractivity (Wildman–Crippen MR) is 85.0 cm³/mol. The Balaban J connectivity index is 1.57. The van der Waals surface area contributed by atoms with Gasteiger partial charge in [0.2, 0.25) is 5.91 Å². The van der Waals surface area contributed by atoms with Gasteiger partial charge in [-0.3, -0.25) is 4.79 Å². The minimum absolute atomic E-state index is 0.153. The van der Waals surface area contributed by atoms with Crippen molar-refractivity contribution in [3.63, 3.8) is 0 Å². The van der Waals surface area contributed by atoms with E-state index in [1.165, 1.54) is 25.7 Å². The van der Waals surface area contributed by atoms with Gasteiger partial charge in [-0.25, -0.2) is 4.98 Å². The van der Waals surface area contributed by atoms with Crippen molar-refractivity contribution in [2.75, 3.05) is 36.5 Å². The topological polar surface area (TPSA) is 54.5 Å². The molecule has 1 aliphatic heterocycles. The molecule has 2 heterocycles. The number of anilines is 2. The second kappa shape index (κ2) is 7.22. The molecule has 0 bridgehead atoms. The minimum Gasteiger partial charge on any atom is -0.378 e. The number of carbonyl (C=O) groups excluding carboxylic acids is 1. The SMILES string of the molecule is O=C(Nc1ncc(N2CCOCC2)s1)C1CCCCCC1. The van der Waals surface area contributed by atoms with E-state index in [2.05, 4.69) is 15.2 Å². The van der Waals surface area contributed by atoms with Crippen LogP contribution in [0.1, 0.15) is 38.5 Å². The number of amides is 1. The summed E-state index contributed by atoms with van der Waals surface area (Å²) in [6.07, 6.45) is 8.79. The van der Waals surface area contributed by atoms with Gasteiger partial charge in [0.1, 0.15) is 5.00 Å². The third-order valence-electron chi connectivity index (χ3n) is 4.27. The molecule has 116 valence electrons. The molecule has 1 aromatic heterocycles. The lowest BCUT2D eigenvalue weighted by Crippen LogP contribution is -2.35. The standard InChI is InChI=1S/C15H23N3O2S/c19-14(12-5-3-1-2-4-6-12)17-15-16-11-13(21-15)18-7-9-20-10-8-18/h11-12H,1-10H2,(H,16,17,19). The van der Waals surface area contributed by atoms with Crippen LogP contribution in [0.2, 0.25) is 0 Å². The Hall–Kier alpha value is -1.14. The normalized spacial score (nSPS) is 21.0. The summed E-state index contributed by atoms with van der Waals surface area (Å²) in [5.74, 6) is 0.322. The summed E-state index contributed by atoms with van der Waals surface area (Å²) in [4.78, 5) is 18.9. The van der Waals surface area contributed by atoms with Gasteiger partial charge < -0.3 is 15.0 Å². The van der Waals surface area contributed by atoms with Crippen LogP contribution in [0.5, 0.6) is 0 Å². The Morgan fingerprint density at radius 2 is 1.95 bits per heavy atom. The summed E-state index contributed by atoms with van der Waals surface area (Å²) in [5, 5.41) is 4.86. The Kier molecular flexibility index (Phi) is 5.08. The quantitative estimate of drug-likeness (QED) is 0.872. The maximum absolute atomic E-state index is 12.3. The molecule has 1 N–H and O–H groups in total. The summed E-state index contributed by atoms with van der Waals surface area (Å²) in [7, 11) is 0. The van der Waals surface area contributed by atoms with E-state index in [9.17, 15) is 4.79 Å². The molecular weight excluding hydrogens is 286 g/mol. The first-order valence-electron chi connectivity index (χ1n) is 7.92. The lowest BCUT2D eigenvalue weighted by atomic mass is 10.00. The molecule has 3 rings (SSSR count). The number of nitrogens with one attached hydrogen (secondary N) is 1. The van der Waals surface area contributed by atoms with Gasteiger partial charge in [0, 0.05) is 19.0 Å². The number of rotatable bonds is 3. The number of aromatic nitrogens is 1. The molecule has 0 unspecified atom stereocenters. The van der Waals surface area contributed by atoms with Crippen LogP contribution in [0.4, 0.5) is 10.1 Å². The van der Waals surface area contributed by atoms with Gasteiger partial charge in [-0.1, -0.05) is 37.0 Å².